The summed E-state index contributed by atoms with van der Waals surface area (Å²) < 4.78 is 1.17. The van der Waals surface area contributed by atoms with E-state index in [1.807, 2.05) is 29.6 Å². The maximum atomic E-state index is 12.0. The van der Waals surface area contributed by atoms with Gasteiger partial charge < -0.3 is 10.2 Å². The molecule has 1 aromatic carbocycles. The summed E-state index contributed by atoms with van der Waals surface area (Å²) in [5.74, 6) is 0.470. The first-order valence-electron chi connectivity index (χ1n) is 7.43. The van der Waals surface area contributed by atoms with Crippen molar-refractivity contribution in [1.29, 1.82) is 0 Å². The molecule has 0 bridgehead atoms. The van der Waals surface area contributed by atoms with Crippen LogP contribution in [-0.2, 0) is 4.79 Å². The summed E-state index contributed by atoms with van der Waals surface area (Å²) in [6.45, 7) is 7.49. The Kier molecular flexibility index (Phi) is 6.34. The van der Waals surface area contributed by atoms with E-state index >= 15 is 0 Å². The van der Waals surface area contributed by atoms with Crippen LogP contribution in [0.1, 0.15) is 20.8 Å². The summed E-state index contributed by atoms with van der Waals surface area (Å²) in [4.78, 5) is 14.3. The molecule has 0 saturated carbocycles. The smallest absolute Gasteiger partial charge is 0.234 e. The third-order valence-electron chi connectivity index (χ3n) is 3.29. The van der Waals surface area contributed by atoms with E-state index in [4.69, 9.17) is 0 Å². The number of nitrogens with zero attached hydrogens (tertiary/aromatic N) is 1. The van der Waals surface area contributed by atoms with Gasteiger partial charge in [-0.25, -0.2) is 0 Å². The Hall–Kier alpha value is -1.46. The van der Waals surface area contributed by atoms with Crippen LogP contribution in [0.3, 0.4) is 0 Å². The number of thioether (sulfide) groups is 1. The lowest BCUT2D eigenvalue weighted by molar-refractivity contribution is -0.113. The second-order valence-electron chi connectivity index (χ2n) is 5.20. The minimum atomic E-state index is 0.0300. The number of hydrogen-bond donors (Lipinski definition) is 1. The lowest BCUT2D eigenvalue weighted by Gasteiger charge is -2.27. The van der Waals surface area contributed by atoms with Gasteiger partial charge >= 0.3 is 0 Å². The highest BCUT2D eigenvalue weighted by Gasteiger charge is 2.09. The summed E-state index contributed by atoms with van der Waals surface area (Å²) in [5, 5.41) is 4.97. The number of carbonyl (C=O) groups excluding carboxylic acids is 1. The summed E-state index contributed by atoms with van der Waals surface area (Å²) in [5.41, 5.74) is 2.03. The Bertz CT molecular complexity index is 579. The van der Waals surface area contributed by atoms with Crippen molar-refractivity contribution in [3.8, 4) is 0 Å². The van der Waals surface area contributed by atoms with Crippen molar-refractivity contribution in [1.82, 2.24) is 0 Å². The molecule has 0 atom stereocenters. The predicted molar refractivity (Wildman–Crippen MR) is 98.3 cm³/mol. The molecular weight excluding hydrogens is 312 g/mol. The molecule has 2 rings (SSSR count). The molecule has 2 aromatic rings. The van der Waals surface area contributed by atoms with Gasteiger partial charge in [0.1, 0.15) is 0 Å². The van der Waals surface area contributed by atoms with E-state index in [2.05, 4.69) is 43.1 Å². The van der Waals surface area contributed by atoms with E-state index in [9.17, 15) is 4.79 Å². The Labute approximate surface area is 140 Å². The molecule has 1 heterocycles. The van der Waals surface area contributed by atoms with Gasteiger partial charge in [-0.05, 0) is 56.5 Å². The van der Waals surface area contributed by atoms with Gasteiger partial charge in [0, 0.05) is 24.0 Å². The fraction of sp³-hybridized carbons (Fsp3) is 0.353. The molecule has 0 aliphatic carbocycles. The Morgan fingerprint density at radius 1 is 1.27 bits per heavy atom. The first kappa shape index (κ1) is 16.9. The van der Waals surface area contributed by atoms with Crippen molar-refractivity contribution < 1.29 is 4.79 Å². The number of amides is 1. The summed E-state index contributed by atoms with van der Waals surface area (Å²) >= 11 is 3.23. The average molecular weight is 335 g/mol. The maximum Gasteiger partial charge on any atom is 0.234 e. The Balaban J connectivity index is 1.89. The lowest BCUT2D eigenvalue weighted by atomic mass is 10.2. The third kappa shape index (κ3) is 4.78. The number of thiophene rings is 1. The van der Waals surface area contributed by atoms with Crippen LogP contribution in [0.25, 0.3) is 0 Å². The van der Waals surface area contributed by atoms with Gasteiger partial charge in [0.15, 0.2) is 0 Å². The van der Waals surface area contributed by atoms with E-state index in [1.54, 1.807) is 23.1 Å². The van der Waals surface area contributed by atoms with Crippen molar-refractivity contribution in [2.24, 2.45) is 0 Å². The van der Waals surface area contributed by atoms with Crippen LogP contribution >= 0.6 is 23.1 Å². The monoisotopic (exact) mass is 334 g/mol. The van der Waals surface area contributed by atoms with Crippen LogP contribution in [0.4, 0.5) is 11.4 Å². The van der Waals surface area contributed by atoms with Crippen LogP contribution in [-0.4, -0.2) is 24.2 Å². The SMILES string of the molecule is CCN(c1ccc(NC(=O)CSc2cccs2)cc1)C(C)C. The second kappa shape index (κ2) is 8.25. The number of nitrogens with one attached hydrogen (secondary N) is 1. The van der Waals surface area contributed by atoms with Crippen LogP contribution in [0, 0.1) is 0 Å². The number of hydrogen-bond acceptors (Lipinski definition) is 4. The fourth-order valence-corrected chi connectivity index (χ4v) is 3.85. The Morgan fingerprint density at radius 3 is 2.55 bits per heavy atom. The normalized spacial score (nSPS) is 10.7. The fourth-order valence-electron chi connectivity index (χ4n) is 2.26. The number of anilines is 2. The van der Waals surface area contributed by atoms with Gasteiger partial charge in [-0.15, -0.1) is 23.1 Å². The van der Waals surface area contributed by atoms with Crippen molar-refractivity contribution in [3.63, 3.8) is 0 Å². The summed E-state index contributed by atoms with van der Waals surface area (Å²) in [6, 6.07) is 12.5. The molecule has 0 radical (unpaired) electrons. The molecule has 22 heavy (non-hydrogen) atoms. The summed E-state index contributed by atoms with van der Waals surface area (Å²) in [6.07, 6.45) is 0. The van der Waals surface area contributed by atoms with E-state index in [-0.39, 0.29) is 5.91 Å². The molecule has 0 spiro atoms. The van der Waals surface area contributed by atoms with E-state index in [0.29, 0.717) is 11.8 Å². The first-order chi connectivity index (χ1) is 10.6. The van der Waals surface area contributed by atoms with Crippen LogP contribution in [0.2, 0.25) is 0 Å². The molecule has 118 valence electrons. The van der Waals surface area contributed by atoms with Gasteiger partial charge in [-0.2, -0.15) is 0 Å². The van der Waals surface area contributed by atoms with Crippen molar-refractivity contribution in [2.75, 3.05) is 22.5 Å². The lowest BCUT2D eigenvalue weighted by Crippen LogP contribution is -2.30. The topological polar surface area (TPSA) is 32.3 Å². The molecular formula is C17H22N2OS2. The minimum Gasteiger partial charge on any atom is -0.369 e. The zero-order valence-electron chi connectivity index (χ0n) is 13.2. The third-order valence-corrected chi connectivity index (χ3v) is 5.42. The molecule has 0 unspecified atom stereocenters. The molecule has 0 aliphatic rings. The second-order valence-corrected chi connectivity index (χ2v) is 7.42. The average Bonchev–Trinajstić information content (AvgIpc) is 3.01. The first-order valence-corrected chi connectivity index (χ1v) is 9.29. The van der Waals surface area contributed by atoms with Gasteiger partial charge in [0.2, 0.25) is 5.91 Å². The van der Waals surface area contributed by atoms with E-state index < -0.39 is 0 Å². The molecule has 1 aromatic heterocycles. The maximum absolute atomic E-state index is 12.0. The van der Waals surface area contributed by atoms with E-state index in [1.165, 1.54) is 9.90 Å². The molecule has 1 amide bonds. The number of rotatable bonds is 7. The molecule has 0 aliphatic heterocycles. The van der Waals surface area contributed by atoms with Crippen molar-refractivity contribution in [3.05, 3.63) is 41.8 Å². The van der Waals surface area contributed by atoms with Crippen molar-refractivity contribution in [2.45, 2.75) is 31.0 Å². The zero-order valence-corrected chi connectivity index (χ0v) is 14.8. The van der Waals surface area contributed by atoms with Gasteiger partial charge in [0.05, 0.1) is 9.96 Å². The number of benzene rings is 1. The van der Waals surface area contributed by atoms with Crippen LogP contribution in [0.5, 0.6) is 0 Å². The van der Waals surface area contributed by atoms with Gasteiger partial charge in [-0.1, -0.05) is 6.07 Å². The van der Waals surface area contributed by atoms with Crippen LogP contribution < -0.4 is 10.2 Å². The van der Waals surface area contributed by atoms with E-state index in [0.717, 1.165) is 12.2 Å². The molecule has 0 fully saturated rings. The minimum absolute atomic E-state index is 0.0300. The number of carbonyl (C=O) groups is 1. The standard InChI is InChI=1S/C17H22N2OS2/c1-4-19(13(2)3)15-9-7-14(8-10-15)18-16(20)12-22-17-6-5-11-21-17/h5-11,13H,4,12H2,1-3H3,(H,18,20). The highest BCUT2D eigenvalue weighted by atomic mass is 32.2. The summed E-state index contributed by atoms with van der Waals surface area (Å²) in [7, 11) is 0. The molecule has 1 N–H and O–H groups in total. The molecule has 3 nitrogen and oxygen atoms in total. The molecule has 5 heteroatoms. The Morgan fingerprint density at radius 2 is 2.00 bits per heavy atom. The highest BCUT2D eigenvalue weighted by Crippen LogP contribution is 2.24. The largest absolute Gasteiger partial charge is 0.369 e. The van der Waals surface area contributed by atoms with Gasteiger partial charge in [0.25, 0.3) is 0 Å². The molecule has 0 saturated heterocycles. The highest BCUT2D eigenvalue weighted by molar-refractivity contribution is 8.01. The quantitative estimate of drug-likeness (QED) is 0.744. The van der Waals surface area contributed by atoms with Crippen LogP contribution in [0.15, 0.2) is 46.0 Å². The van der Waals surface area contributed by atoms with Crippen molar-refractivity contribution >= 4 is 40.4 Å². The predicted octanol–water partition coefficient (Wildman–Crippen LogP) is 4.71. The zero-order chi connectivity index (χ0) is 15.9. The van der Waals surface area contributed by atoms with Gasteiger partial charge in [-0.3, -0.25) is 4.79 Å².